The lowest BCUT2D eigenvalue weighted by molar-refractivity contribution is -0.168. The van der Waals surface area contributed by atoms with Gasteiger partial charge in [0.15, 0.2) is 0 Å². The van der Waals surface area contributed by atoms with E-state index in [1.807, 2.05) is 41.5 Å². The van der Waals surface area contributed by atoms with E-state index < -0.39 is 42.0 Å². The van der Waals surface area contributed by atoms with E-state index in [0.717, 1.165) is 0 Å². The summed E-state index contributed by atoms with van der Waals surface area (Å²) in [5.74, 6) is -3.36. The van der Waals surface area contributed by atoms with Crippen LogP contribution in [0.5, 0.6) is 0 Å². The van der Waals surface area contributed by atoms with Crippen LogP contribution in [-0.4, -0.2) is 59.3 Å². The zero-order valence-electron chi connectivity index (χ0n) is 22.3. The highest BCUT2D eigenvalue weighted by atomic mass is 16.6. The number of rotatable bonds is 2. The lowest BCUT2D eigenvalue weighted by Crippen LogP contribution is -2.47. The molecule has 1 aliphatic heterocycles. The lowest BCUT2D eigenvalue weighted by Gasteiger charge is -2.31. The Bertz CT molecular complexity index is 507. The van der Waals surface area contributed by atoms with Crippen molar-refractivity contribution < 1.29 is 34.1 Å². The van der Waals surface area contributed by atoms with Gasteiger partial charge in [-0.2, -0.15) is 0 Å². The van der Waals surface area contributed by atoms with Gasteiger partial charge in [0.1, 0.15) is 29.7 Å². The van der Waals surface area contributed by atoms with Gasteiger partial charge in [-0.1, -0.05) is 62.3 Å². The highest BCUT2D eigenvalue weighted by Crippen LogP contribution is 2.24. The van der Waals surface area contributed by atoms with Crippen molar-refractivity contribution in [1.82, 2.24) is 0 Å². The van der Waals surface area contributed by atoms with E-state index in [1.54, 1.807) is 20.8 Å². The number of hydrogen-bond donors (Lipinski definition) is 2. The predicted octanol–water partition coefficient (Wildman–Crippen LogP) is 4.35. The van der Waals surface area contributed by atoms with Crippen molar-refractivity contribution in [3.8, 4) is 0 Å². The van der Waals surface area contributed by atoms with Crippen molar-refractivity contribution in [2.75, 3.05) is 7.11 Å². The summed E-state index contributed by atoms with van der Waals surface area (Å²) in [7, 11) is 1.51. The first kappa shape index (κ1) is 35.3. The van der Waals surface area contributed by atoms with E-state index in [0.29, 0.717) is 12.8 Å². The Morgan fingerprint density at radius 2 is 1.44 bits per heavy atom. The first-order valence-electron chi connectivity index (χ1n) is 12.3. The summed E-state index contributed by atoms with van der Waals surface area (Å²) < 4.78 is 10.6. The van der Waals surface area contributed by atoms with Gasteiger partial charge in [-0.3, -0.25) is 14.4 Å². The van der Waals surface area contributed by atoms with Crippen LogP contribution >= 0.6 is 0 Å². The summed E-state index contributed by atoms with van der Waals surface area (Å²) in [5.41, 5.74) is 0. The van der Waals surface area contributed by atoms with Crippen LogP contribution in [0.3, 0.4) is 0 Å². The third-order valence-electron chi connectivity index (χ3n) is 5.35. The molecule has 7 atom stereocenters. The molecule has 1 fully saturated rings. The summed E-state index contributed by atoms with van der Waals surface area (Å²) in [6.45, 7) is 18.5. The standard InChI is InChI=1S/C19H32O7.3C2H6/c1-6-15-18(23)17(22)12(4)16(21)10(2)9-13(25-5)7-8-14(20)11(3)19(24)26-15;3*1-2/h10-13,15,17-18,22-23H,6-9H2,1-5H3;3*1-2H3/t10-,11?,12?,13?,15-,17?,18?;;;/m1.../s1. The molecule has 0 radical (unpaired) electrons. The van der Waals surface area contributed by atoms with Crippen molar-refractivity contribution in [2.45, 2.75) is 119 Å². The molecule has 0 spiro atoms. The Labute approximate surface area is 196 Å². The molecule has 32 heavy (non-hydrogen) atoms. The number of ether oxygens (including phenoxy) is 2. The maximum Gasteiger partial charge on any atom is 0.316 e. The van der Waals surface area contributed by atoms with Crippen LogP contribution in [0, 0.1) is 17.8 Å². The van der Waals surface area contributed by atoms with Gasteiger partial charge in [0.05, 0.1) is 12.2 Å². The Kier molecular flexibility index (Phi) is 22.4. The van der Waals surface area contributed by atoms with Gasteiger partial charge in [0.25, 0.3) is 0 Å². The number of carbonyl (C=O) groups excluding carboxylic acids is 3. The second kappa shape index (κ2) is 20.3. The number of Topliss-reactive ketones (excluding diaryl/α,β-unsaturated/α-hetero) is 2. The van der Waals surface area contributed by atoms with Gasteiger partial charge in [0.2, 0.25) is 0 Å². The van der Waals surface area contributed by atoms with Crippen LogP contribution in [-0.2, 0) is 23.9 Å². The Morgan fingerprint density at radius 1 is 0.938 bits per heavy atom. The summed E-state index contributed by atoms with van der Waals surface area (Å²) in [5, 5.41) is 20.8. The molecule has 1 rings (SSSR count). The van der Waals surface area contributed by atoms with E-state index in [9.17, 15) is 24.6 Å². The molecule has 5 unspecified atom stereocenters. The molecule has 0 aromatic heterocycles. The van der Waals surface area contributed by atoms with Gasteiger partial charge < -0.3 is 19.7 Å². The number of esters is 1. The van der Waals surface area contributed by atoms with Crippen LogP contribution in [0.15, 0.2) is 0 Å². The molecular weight excluding hydrogens is 412 g/mol. The number of hydrogen-bond acceptors (Lipinski definition) is 7. The van der Waals surface area contributed by atoms with Crippen molar-refractivity contribution in [1.29, 1.82) is 0 Å². The fraction of sp³-hybridized carbons (Fsp3) is 0.880. The normalized spacial score (nSPS) is 31.9. The van der Waals surface area contributed by atoms with Crippen molar-refractivity contribution >= 4 is 17.5 Å². The molecule has 1 aliphatic rings. The average molecular weight is 463 g/mol. The predicted molar refractivity (Wildman–Crippen MR) is 128 cm³/mol. The van der Waals surface area contributed by atoms with E-state index in [1.165, 1.54) is 14.0 Å². The molecule has 0 aliphatic carbocycles. The first-order valence-corrected chi connectivity index (χ1v) is 12.3. The molecule has 2 N–H and O–H groups in total. The van der Waals surface area contributed by atoms with E-state index in [-0.39, 0.29) is 30.5 Å². The highest BCUT2D eigenvalue weighted by Gasteiger charge is 2.38. The molecule has 0 saturated carbocycles. The number of methoxy groups -OCH3 is 1. The molecule has 7 nitrogen and oxygen atoms in total. The maximum absolute atomic E-state index is 12.6. The van der Waals surface area contributed by atoms with Crippen LogP contribution < -0.4 is 0 Å². The SMILES string of the molecule is CC.CC.CC.CC[C@H]1OC(=O)C(C)C(=O)CCC(OC)C[C@@H](C)C(=O)C(C)C(O)C1O. The Hall–Kier alpha value is -1.31. The number of carbonyl (C=O) groups is 3. The van der Waals surface area contributed by atoms with Gasteiger partial charge in [-0.05, 0) is 26.2 Å². The molecule has 0 aromatic rings. The first-order chi connectivity index (χ1) is 15.1. The third kappa shape index (κ3) is 11.5. The van der Waals surface area contributed by atoms with Gasteiger partial charge in [-0.25, -0.2) is 0 Å². The van der Waals surface area contributed by atoms with Crippen molar-refractivity contribution in [3.63, 3.8) is 0 Å². The van der Waals surface area contributed by atoms with Crippen LogP contribution in [0.2, 0.25) is 0 Å². The third-order valence-corrected chi connectivity index (χ3v) is 5.35. The molecule has 1 saturated heterocycles. The molecule has 0 amide bonds. The lowest BCUT2D eigenvalue weighted by atomic mass is 9.84. The molecular formula is C25H50O7. The molecule has 0 aromatic carbocycles. The highest BCUT2D eigenvalue weighted by molar-refractivity contribution is 5.98. The second-order valence-electron chi connectivity index (χ2n) is 7.28. The summed E-state index contributed by atoms with van der Waals surface area (Å²) >= 11 is 0. The van der Waals surface area contributed by atoms with E-state index in [4.69, 9.17) is 9.47 Å². The number of aliphatic hydroxyl groups is 2. The number of cyclic esters (lactones) is 1. The Balaban J connectivity index is -0.00000129. The van der Waals surface area contributed by atoms with E-state index in [2.05, 4.69) is 0 Å². The Morgan fingerprint density at radius 3 is 1.88 bits per heavy atom. The monoisotopic (exact) mass is 462 g/mol. The van der Waals surface area contributed by atoms with Crippen LogP contribution in [0.1, 0.15) is 94.9 Å². The van der Waals surface area contributed by atoms with Gasteiger partial charge in [-0.15, -0.1) is 0 Å². The van der Waals surface area contributed by atoms with Crippen LogP contribution in [0.4, 0.5) is 0 Å². The minimum atomic E-state index is -1.40. The molecule has 192 valence electrons. The number of aliphatic hydroxyl groups excluding tert-OH is 2. The summed E-state index contributed by atoms with van der Waals surface area (Å²) in [4.78, 5) is 37.1. The molecule has 1 heterocycles. The molecule has 7 heteroatoms. The van der Waals surface area contributed by atoms with Crippen molar-refractivity contribution in [3.05, 3.63) is 0 Å². The second-order valence-corrected chi connectivity index (χ2v) is 7.28. The van der Waals surface area contributed by atoms with Gasteiger partial charge in [0, 0.05) is 25.4 Å². The minimum Gasteiger partial charge on any atom is -0.459 e. The fourth-order valence-electron chi connectivity index (χ4n) is 3.27. The minimum absolute atomic E-state index is 0.146. The maximum atomic E-state index is 12.6. The molecule has 0 bridgehead atoms. The van der Waals surface area contributed by atoms with Crippen LogP contribution in [0.25, 0.3) is 0 Å². The van der Waals surface area contributed by atoms with Gasteiger partial charge >= 0.3 is 5.97 Å². The fourth-order valence-corrected chi connectivity index (χ4v) is 3.27. The van der Waals surface area contributed by atoms with E-state index >= 15 is 0 Å². The average Bonchev–Trinajstić information content (AvgIpc) is 2.85. The zero-order valence-corrected chi connectivity index (χ0v) is 22.3. The summed E-state index contributed by atoms with van der Waals surface area (Å²) in [6, 6.07) is 0. The number of ketones is 2. The smallest absolute Gasteiger partial charge is 0.316 e. The summed E-state index contributed by atoms with van der Waals surface area (Å²) in [6.07, 6.45) is -2.83. The largest absolute Gasteiger partial charge is 0.459 e. The quantitative estimate of drug-likeness (QED) is 0.463. The zero-order chi connectivity index (χ0) is 26.0. The topological polar surface area (TPSA) is 110 Å². The van der Waals surface area contributed by atoms with Crippen molar-refractivity contribution in [2.24, 2.45) is 17.8 Å².